The van der Waals surface area contributed by atoms with Gasteiger partial charge in [-0.15, -0.1) is 0 Å². The Labute approximate surface area is 125 Å². The molecule has 2 aliphatic heterocycles. The van der Waals surface area contributed by atoms with Gasteiger partial charge in [-0.05, 0) is 27.2 Å². The molecule has 21 heavy (non-hydrogen) atoms. The van der Waals surface area contributed by atoms with Crippen LogP contribution >= 0.6 is 0 Å². The van der Waals surface area contributed by atoms with E-state index >= 15 is 0 Å². The minimum Gasteiger partial charge on any atom is -0.481 e. The van der Waals surface area contributed by atoms with Crippen LogP contribution in [0.15, 0.2) is 11.8 Å². The van der Waals surface area contributed by atoms with Crippen LogP contribution in [0.2, 0.25) is 0 Å². The maximum Gasteiger partial charge on any atom is 0.289 e. The highest BCUT2D eigenvalue weighted by Crippen LogP contribution is 2.27. The Kier molecular flexibility index (Phi) is 4.15. The predicted molar refractivity (Wildman–Crippen MR) is 77.3 cm³/mol. The molecule has 0 aromatic heterocycles. The Morgan fingerprint density at radius 3 is 2.62 bits per heavy atom. The normalized spacial score (nSPS) is 26.9. The molecule has 7 heteroatoms. The van der Waals surface area contributed by atoms with Crippen molar-refractivity contribution in [3.05, 3.63) is 11.8 Å². The molecular weight excluding hydrogens is 294 g/mol. The number of nitrogens with zero attached hydrogens (tertiary/aromatic N) is 1. The minimum absolute atomic E-state index is 0.0161. The molecule has 2 aliphatic rings. The lowest BCUT2D eigenvalue weighted by Crippen LogP contribution is -2.44. The molecule has 0 aliphatic carbocycles. The first-order valence-corrected chi connectivity index (χ1v) is 8.90. The lowest BCUT2D eigenvalue weighted by atomic mass is 9.98. The van der Waals surface area contributed by atoms with Gasteiger partial charge in [-0.3, -0.25) is 9.59 Å². The van der Waals surface area contributed by atoms with Crippen LogP contribution in [0.5, 0.6) is 0 Å². The fourth-order valence-corrected chi connectivity index (χ4v) is 4.55. The third-order valence-corrected chi connectivity index (χ3v) is 5.49. The highest BCUT2D eigenvalue weighted by Gasteiger charge is 2.38. The molecule has 1 atom stereocenters. The summed E-state index contributed by atoms with van der Waals surface area (Å²) in [6, 6.07) is -0.336. The fraction of sp³-hybridized carbons (Fsp3) is 0.714. The fourth-order valence-electron chi connectivity index (χ4n) is 2.82. The maximum atomic E-state index is 12.5. The van der Waals surface area contributed by atoms with Crippen LogP contribution in [0, 0.1) is 0 Å². The van der Waals surface area contributed by atoms with E-state index in [1.165, 1.54) is 11.0 Å². The average molecular weight is 315 g/mol. The van der Waals surface area contributed by atoms with E-state index in [9.17, 15) is 18.0 Å². The number of sulfone groups is 1. The molecule has 1 amide bonds. The van der Waals surface area contributed by atoms with E-state index in [2.05, 4.69) is 0 Å². The van der Waals surface area contributed by atoms with Crippen LogP contribution < -0.4 is 0 Å². The van der Waals surface area contributed by atoms with E-state index in [-0.39, 0.29) is 35.5 Å². The Balaban J connectivity index is 2.19. The van der Waals surface area contributed by atoms with E-state index in [1.54, 1.807) is 20.8 Å². The van der Waals surface area contributed by atoms with Gasteiger partial charge in [-0.1, -0.05) is 0 Å². The number of amides is 1. The molecule has 0 N–H and O–H groups in total. The third kappa shape index (κ3) is 3.64. The summed E-state index contributed by atoms with van der Waals surface area (Å²) in [6.45, 7) is 5.68. The Morgan fingerprint density at radius 1 is 1.48 bits per heavy atom. The molecule has 1 fully saturated rings. The van der Waals surface area contributed by atoms with Gasteiger partial charge in [0.1, 0.15) is 5.60 Å². The maximum absolute atomic E-state index is 12.5. The molecule has 2 heterocycles. The monoisotopic (exact) mass is 315 g/mol. The van der Waals surface area contributed by atoms with Crippen molar-refractivity contribution >= 4 is 21.5 Å². The standard InChI is InChI=1S/C14H21NO5S/c1-4-15(10-5-6-21(18,19)9-10)13(17)12-7-11(16)8-14(2,3)20-12/h7,10H,4-6,8-9H2,1-3H3/t10-/m1/s1. The smallest absolute Gasteiger partial charge is 0.289 e. The second-order valence-corrected chi connectivity index (χ2v) is 8.39. The van der Waals surface area contributed by atoms with Crippen LogP contribution in [0.3, 0.4) is 0 Å². The van der Waals surface area contributed by atoms with Crippen LogP contribution in [0.25, 0.3) is 0 Å². The zero-order valence-corrected chi connectivity index (χ0v) is 13.4. The highest BCUT2D eigenvalue weighted by molar-refractivity contribution is 7.91. The van der Waals surface area contributed by atoms with Gasteiger partial charge in [0.2, 0.25) is 0 Å². The van der Waals surface area contributed by atoms with Gasteiger partial charge in [0.15, 0.2) is 21.4 Å². The van der Waals surface area contributed by atoms with Crippen molar-refractivity contribution in [2.24, 2.45) is 0 Å². The van der Waals surface area contributed by atoms with Gasteiger partial charge in [-0.25, -0.2) is 8.42 Å². The molecule has 2 rings (SSSR count). The van der Waals surface area contributed by atoms with Gasteiger partial charge >= 0.3 is 0 Å². The first kappa shape index (κ1) is 16.0. The van der Waals surface area contributed by atoms with E-state index in [4.69, 9.17) is 4.74 Å². The van der Waals surface area contributed by atoms with Crippen LogP contribution in [0.4, 0.5) is 0 Å². The van der Waals surface area contributed by atoms with Crippen molar-refractivity contribution in [3.63, 3.8) is 0 Å². The van der Waals surface area contributed by atoms with Gasteiger partial charge in [0.25, 0.3) is 5.91 Å². The van der Waals surface area contributed by atoms with Crippen molar-refractivity contribution in [1.29, 1.82) is 0 Å². The molecule has 6 nitrogen and oxygen atoms in total. The first-order valence-electron chi connectivity index (χ1n) is 7.08. The SMILES string of the molecule is CCN(C(=O)C1=CC(=O)CC(C)(C)O1)[C@@H]1CCS(=O)(=O)C1. The lowest BCUT2D eigenvalue weighted by molar-refractivity contribution is -0.139. The molecule has 0 aromatic rings. The summed E-state index contributed by atoms with van der Waals surface area (Å²) in [5.74, 6) is -0.448. The van der Waals surface area contributed by atoms with E-state index in [0.717, 1.165) is 0 Å². The van der Waals surface area contributed by atoms with Gasteiger partial charge < -0.3 is 9.64 Å². The third-order valence-electron chi connectivity index (χ3n) is 3.74. The first-order chi connectivity index (χ1) is 9.63. The molecular formula is C14H21NO5S. The van der Waals surface area contributed by atoms with Crippen LogP contribution in [0.1, 0.15) is 33.6 Å². The summed E-state index contributed by atoms with van der Waals surface area (Å²) >= 11 is 0. The van der Waals surface area contributed by atoms with Crippen molar-refractivity contribution in [2.45, 2.75) is 45.3 Å². The molecule has 0 spiro atoms. The molecule has 118 valence electrons. The van der Waals surface area contributed by atoms with Crippen molar-refractivity contribution in [3.8, 4) is 0 Å². The molecule has 0 saturated carbocycles. The van der Waals surface area contributed by atoms with Gasteiger partial charge in [0.05, 0.1) is 11.5 Å². The Bertz CT molecular complexity index is 590. The van der Waals surface area contributed by atoms with Crippen molar-refractivity contribution in [2.75, 3.05) is 18.1 Å². The molecule has 0 bridgehead atoms. The zero-order chi connectivity index (χ0) is 15.8. The molecule has 0 aromatic carbocycles. The number of hydrogen-bond acceptors (Lipinski definition) is 5. The average Bonchev–Trinajstić information content (AvgIpc) is 2.67. The quantitative estimate of drug-likeness (QED) is 0.765. The zero-order valence-electron chi connectivity index (χ0n) is 12.6. The molecule has 1 saturated heterocycles. The topological polar surface area (TPSA) is 80.8 Å². The number of allylic oxidation sites excluding steroid dienone is 1. The number of likely N-dealkylation sites (N-methyl/N-ethyl adjacent to an activating group) is 1. The number of hydrogen-bond donors (Lipinski definition) is 0. The second-order valence-electron chi connectivity index (χ2n) is 6.16. The van der Waals surface area contributed by atoms with E-state index in [1.807, 2.05) is 0 Å². The van der Waals surface area contributed by atoms with Crippen molar-refractivity contribution in [1.82, 2.24) is 4.90 Å². The number of carbonyl (C=O) groups is 2. The minimum atomic E-state index is -3.07. The Hall–Kier alpha value is -1.37. The Morgan fingerprint density at radius 2 is 2.14 bits per heavy atom. The number of ether oxygens (including phenoxy) is 1. The lowest BCUT2D eigenvalue weighted by Gasteiger charge is -2.33. The molecule has 0 unspecified atom stereocenters. The summed E-state index contributed by atoms with van der Waals surface area (Å²) in [5.41, 5.74) is -0.710. The van der Waals surface area contributed by atoms with E-state index < -0.39 is 21.3 Å². The van der Waals surface area contributed by atoms with E-state index in [0.29, 0.717) is 13.0 Å². The largest absolute Gasteiger partial charge is 0.481 e. The molecule has 0 radical (unpaired) electrons. The number of rotatable bonds is 3. The summed E-state index contributed by atoms with van der Waals surface area (Å²) < 4.78 is 28.8. The van der Waals surface area contributed by atoms with Crippen LogP contribution in [-0.4, -0.2) is 54.7 Å². The van der Waals surface area contributed by atoms with Crippen molar-refractivity contribution < 1.29 is 22.7 Å². The summed E-state index contributed by atoms with van der Waals surface area (Å²) in [7, 11) is -3.07. The summed E-state index contributed by atoms with van der Waals surface area (Å²) in [5, 5.41) is 0. The second kappa shape index (κ2) is 5.44. The summed E-state index contributed by atoms with van der Waals surface area (Å²) in [4.78, 5) is 25.7. The number of carbonyl (C=O) groups excluding carboxylic acids is 2. The summed E-state index contributed by atoms with van der Waals surface area (Å²) in [6.07, 6.45) is 1.89. The van der Waals surface area contributed by atoms with Crippen LogP contribution in [-0.2, 0) is 24.2 Å². The van der Waals surface area contributed by atoms with Gasteiger partial charge in [0, 0.05) is 25.1 Å². The highest BCUT2D eigenvalue weighted by atomic mass is 32.2. The number of ketones is 1. The predicted octanol–water partition coefficient (Wildman–Crippen LogP) is 0.674. The van der Waals surface area contributed by atoms with Gasteiger partial charge in [-0.2, -0.15) is 0 Å².